The number of nitriles is 1. The van der Waals surface area contributed by atoms with Gasteiger partial charge in [0.15, 0.2) is 0 Å². The molecule has 4 aromatic rings. The molecule has 1 unspecified atom stereocenters. The Hall–Kier alpha value is -3.39. The average molecular weight is 498 g/mol. The van der Waals surface area contributed by atoms with Crippen LogP contribution in [-0.4, -0.2) is 12.7 Å². The molecule has 0 amide bonds. The molecule has 0 saturated heterocycles. The van der Waals surface area contributed by atoms with Gasteiger partial charge < -0.3 is 9.47 Å². The zero-order chi connectivity index (χ0) is 23.1. The molecule has 0 spiro atoms. The summed E-state index contributed by atoms with van der Waals surface area (Å²) in [4.78, 5) is 0. The van der Waals surface area contributed by atoms with Gasteiger partial charge in [-0.15, -0.1) is 0 Å². The molecule has 164 valence electrons. The number of rotatable bonds is 8. The van der Waals surface area contributed by atoms with Crippen molar-refractivity contribution in [1.29, 1.82) is 5.26 Å². The van der Waals surface area contributed by atoms with Crippen molar-refractivity contribution in [1.82, 2.24) is 0 Å². The molecule has 4 aromatic carbocycles. The first-order chi connectivity index (χ1) is 16.1. The monoisotopic (exact) mass is 497 g/mol. The first-order valence-corrected chi connectivity index (χ1v) is 11.6. The summed E-state index contributed by atoms with van der Waals surface area (Å²) < 4.78 is 13.7. The summed E-state index contributed by atoms with van der Waals surface area (Å²) in [5.41, 5.74) is 2.87. The van der Waals surface area contributed by atoms with Gasteiger partial charge in [0.05, 0.1) is 17.7 Å². The molecule has 0 aliphatic rings. The van der Waals surface area contributed by atoms with Crippen molar-refractivity contribution in [3.8, 4) is 11.8 Å². The molecule has 0 aliphatic carbocycles. The fourth-order valence-corrected chi connectivity index (χ4v) is 4.45. The summed E-state index contributed by atoms with van der Waals surface area (Å²) in [5, 5.41) is 9.24. The fourth-order valence-electron chi connectivity index (χ4n) is 3.98. The van der Waals surface area contributed by atoms with Crippen LogP contribution in [0.2, 0.25) is 0 Å². The van der Waals surface area contributed by atoms with Crippen molar-refractivity contribution in [3.63, 3.8) is 0 Å². The van der Waals surface area contributed by atoms with Gasteiger partial charge in [-0.05, 0) is 41.8 Å². The van der Waals surface area contributed by atoms with Crippen molar-refractivity contribution in [2.24, 2.45) is 0 Å². The van der Waals surface area contributed by atoms with E-state index >= 15 is 0 Å². The van der Waals surface area contributed by atoms with Crippen LogP contribution in [0.4, 0.5) is 0 Å². The maximum absolute atomic E-state index is 9.24. The largest absolute Gasteiger partial charge is 0.491 e. The maximum atomic E-state index is 9.24. The summed E-state index contributed by atoms with van der Waals surface area (Å²) in [6.07, 6.45) is -0.255. The Labute approximate surface area is 203 Å². The number of nitrogens with zero attached hydrogens (tertiary/aromatic N) is 1. The molecular weight excluding hydrogens is 474 g/mol. The Balaban J connectivity index is 1.71. The molecular formula is C29H24BrNO2. The number of halogens is 1. The zero-order valence-electron chi connectivity index (χ0n) is 18.3. The van der Waals surface area contributed by atoms with Gasteiger partial charge in [0.2, 0.25) is 0 Å². The van der Waals surface area contributed by atoms with E-state index in [0.717, 1.165) is 21.2 Å². The van der Waals surface area contributed by atoms with Crippen LogP contribution in [0, 0.1) is 11.3 Å². The van der Waals surface area contributed by atoms with E-state index < -0.39 is 5.60 Å². The summed E-state index contributed by atoms with van der Waals surface area (Å²) in [6.45, 7) is 2.34. The van der Waals surface area contributed by atoms with Crippen LogP contribution in [-0.2, 0) is 10.3 Å². The van der Waals surface area contributed by atoms with Crippen LogP contribution in [0.15, 0.2) is 114 Å². The Bertz CT molecular complexity index is 1120. The molecule has 4 rings (SSSR count). The minimum Gasteiger partial charge on any atom is -0.491 e. The van der Waals surface area contributed by atoms with Crippen LogP contribution in [0.3, 0.4) is 0 Å². The van der Waals surface area contributed by atoms with Gasteiger partial charge in [-0.1, -0.05) is 107 Å². The van der Waals surface area contributed by atoms with E-state index in [9.17, 15) is 5.26 Å². The van der Waals surface area contributed by atoms with Crippen molar-refractivity contribution in [2.45, 2.75) is 18.6 Å². The van der Waals surface area contributed by atoms with Crippen LogP contribution in [0.25, 0.3) is 0 Å². The van der Waals surface area contributed by atoms with E-state index in [2.05, 4.69) is 58.4 Å². The molecule has 3 nitrogen and oxygen atoms in total. The summed E-state index contributed by atoms with van der Waals surface area (Å²) in [6, 6.07) is 38.3. The molecule has 0 radical (unpaired) electrons. The van der Waals surface area contributed by atoms with E-state index in [1.54, 1.807) is 12.1 Å². The molecule has 1 atom stereocenters. The summed E-state index contributed by atoms with van der Waals surface area (Å²) in [7, 11) is 0. The van der Waals surface area contributed by atoms with Crippen LogP contribution in [0.5, 0.6) is 5.75 Å². The van der Waals surface area contributed by atoms with Crippen molar-refractivity contribution in [2.75, 3.05) is 6.61 Å². The Kier molecular flexibility index (Phi) is 7.24. The average Bonchev–Trinajstić information content (AvgIpc) is 2.87. The molecule has 0 N–H and O–H groups in total. The van der Waals surface area contributed by atoms with E-state index in [4.69, 9.17) is 9.47 Å². The highest BCUT2D eigenvalue weighted by Crippen LogP contribution is 2.41. The molecule has 0 aromatic heterocycles. The van der Waals surface area contributed by atoms with Gasteiger partial charge in [-0.3, -0.25) is 0 Å². The second-order valence-electron chi connectivity index (χ2n) is 7.81. The third-order valence-electron chi connectivity index (χ3n) is 5.40. The number of hydrogen-bond donors (Lipinski definition) is 0. The highest BCUT2D eigenvalue weighted by Gasteiger charge is 2.39. The topological polar surface area (TPSA) is 42.2 Å². The first kappa shape index (κ1) is 22.8. The van der Waals surface area contributed by atoms with Crippen LogP contribution in [0.1, 0.15) is 29.2 Å². The van der Waals surface area contributed by atoms with Crippen molar-refractivity contribution in [3.05, 3.63) is 136 Å². The SMILES string of the molecule is CC(COc1cc(Br)cc(C#N)c1)OC(c1ccccc1)(c1ccccc1)c1ccccc1. The highest BCUT2D eigenvalue weighted by atomic mass is 79.9. The first-order valence-electron chi connectivity index (χ1n) is 10.8. The Morgan fingerprint density at radius 3 is 1.73 bits per heavy atom. The van der Waals surface area contributed by atoms with Gasteiger partial charge >= 0.3 is 0 Å². The Morgan fingerprint density at radius 1 is 0.788 bits per heavy atom. The van der Waals surface area contributed by atoms with E-state index in [1.165, 1.54) is 0 Å². The molecule has 4 heteroatoms. The molecule has 0 bridgehead atoms. The predicted octanol–water partition coefficient (Wildman–Crippen LogP) is 7.10. The van der Waals surface area contributed by atoms with Gasteiger partial charge in [0.1, 0.15) is 18.0 Å². The highest BCUT2D eigenvalue weighted by molar-refractivity contribution is 9.10. The van der Waals surface area contributed by atoms with Gasteiger partial charge in [-0.25, -0.2) is 0 Å². The number of benzene rings is 4. The molecule has 0 heterocycles. The molecule has 33 heavy (non-hydrogen) atoms. The lowest BCUT2D eigenvalue weighted by molar-refractivity contribution is -0.0560. The minimum absolute atomic E-state index is 0.255. The normalized spacial score (nSPS) is 12.0. The van der Waals surface area contributed by atoms with Crippen molar-refractivity contribution < 1.29 is 9.47 Å². The fraction of sp³-hybridized carbons (Fsp3) is 0.138. The molecule has 0 saturated carbocycles. The lowest BCUT2D eigenvalue weighted by Crippen LogP contribution is -2.38. The van der Waals surface area contributed by atoms with Crippen molar-refractivity contribution >= 4 is 15.9 Å². The second kappa shape index (κ2) is 10.5. The van der Waals surface area contributed by atoms with Gasteiger partial charge in [0.25, 0.3) is 0 Å². The van der Waals surface area contributed by atoms with E-state index in [0.29, 0.717) is 17.9 Å². The maximum Gasteiger partial charge on any atom is 0.144 e. The van der Waals surface area contributed by atoms with E-state index in [-0.39, 0.29) is 6.10 Å². The standard InChI is InChI=1S/C29H24BrNO2/c1-22(21-32-28-18-23(20-31)17-27(30)19-28)33-29(24-11-5-2-6-12-24,25-13-7-3-8-14-25)26-15-9-4-10-16-26/h2-19,22H,21H2,1H3. The predicted molar refractivity (Wildman–Crippen MR) is 134 cm³/mol. The quantitative estimate of drug-likeness (QED) is 0.244. The third kappa shape index (κ3) is 5.17. The summed E-state index contributed by atoms with van der Waals surface area (Å²) in [5.74, 6) is 0.626. The molecule has 0 aliphatic heterocycles. The van der Waals surface area contributed by atoms with Crippen LogP contribution >= 0.6 is 15.9 Å². The zero-order valence-corrected chi connectivity index (χ0v) is 19.9. The Morgan fingerprint density at radius 2 is 1.27 bits per heavy atom. The number of hydrogen-bond acceptors (Lipinski definition) is 3. The lowest BCUT2D eigenvalue weighted by Gasteiger charge is -2.38. The second-order valence-corrected chi connectivity index (χ2v) is 8.72. The third-order valence-corrected chi connectivity index (χ3v) is 5.86. The van der Waals surface area contributed by atoms with E-state index in [1.807, 2.05) is 67.6 Å². The summed E-state index contributed by atoms with van der Waals surface area (Å²) >= 11 is 3.44. The van der Waals surface area contributed by atoms with Gasteiger partial charge in [0, 0.05) is 4.47 Å². The minimum atomic E-state index is -0.804. The van der Waals surface area contributed by atoms with Gasteiger partial charge in [-0.2, -0.15) is 5.26 Å². The lowest BCUT2D eigenvalue weighted by atomic mass is 9.80. The number of ether oxygens (including phenoxy) is 2. The molecule has 0 fully saturated rings. The van der Waals surface area contributed by atoms with Crippen LogP contribution < -0.4 is 4.74 Å². The smallest absolute Gasteiger partial charge is 0.144 e.